The first kappa shape index (κ1) is 14.3. The number of nitrogens with one attached hydrogen (secondary N) is 1. The zero-order valence-electron chi connectivity index (χ0n) is 12.1. The molecule has 20 heavy (non-hydrogen) atoms. The molecule has 0 aliphatic carbocycles. The molecular formula is C15H22BrN3O. The summed E-state index contributed by atoms with van der Waals surface area (Å²) in [6.45, 7) is 4.11. The van der Waals surface area contributed by atoms with E-state index in [1.807, 2.05) is 4.68 Å². The molecule has 2 aliphatic rings. The van der Waals surface area contributed by atoms with E-state index in [1.165, 1.54) is 12.8 Å². The average molecular weight is 340 g/mol. The van der Waals surface area contributed by atoms with Gasteiger partial charge in [-0.1, -0.05) is 0 Å². The number of hydrogen-bond acceptors (Lipinski definition) is 3. The van der Waals surface area contributed by atoms with Crippen LogP contribution in [0, 0.1) is 5.92 Å². The zero-order valence-corrected chi connectivity index (χ0v) is 13.7. The summed E-state index contributed by atoms with van der Waals surface area (Å²) in [5.74, 6) is 0.762. The van der Waals surface area contributed by atoms with Crippen LogP contribution in [0.25, 0.3) is 0 Å². The molecule has 1 N–H and O–H groups in total. The molecular weight excluding hydrogens is 318 g/mol. The Balaban J connectivity index is 1.72. The molecule has 1 aromatic rings. The number of hydrogen-bond donors (Lipinski definition) is 1. The highest BCUT2D eigenvalue weighted by Crippen LogP contribution is 2.34. The highest BCUT2D eigenvalue weighted by atomic mass is 79.9. The molecule has 4 nitrogen and oxygen atoms in total. The molecule has 5 heteroatoms. The van der Waals surface area contributed by atoms with Gasteiger partial charge >= 0.3 is 0 Å². The Labute approximate surface area is 128 Å². The number of halogens is 1. The van der Waals surface area contributed by atoms with Crippen LogP contribution in [-0.4, -0.2) is 27.6 Å². The van der Waals surface area contributed by atoms with E-state index >= 15 is 0 Å². The summed E-state index contributed by atoms with van der Waals surface area (Å²) in [6, 6.07) is 1.50. The molecule has 2 fully saturated rings. The summed E-state index contributed by atoms with van der Waals surface area (Å²) >= 11 is 3.47. The third-order valence-corrected chi connectivity index (χ3v) is 5.13. The average Bonchev–Trinajstić information content (AvgIpc) is 2.92. The fourth-order valence-corrected chi connectivity index (χ4v) is 4.19. The summed E-state index contributed by atoms with van der Waals surface area (Å²) < 4.78 is 2.66. The van der Waals surface area contributed by atoms with E-state index in [-0.39, 0.29) is 11.8 Å². The number of piperidine rings is 1. The van der Waals surface area contributed by atoms with Crippen molar-refractivity contribution in [2.24, 2.45) is 5.92 Å². The second-order valence-corrected chi connectivity index (χ2v) is 7.34. The number of aromatic nitrogens is 2. The van der Waals surface area contributed by atoms with E-state index in [4.69, 9.17) is 0 Å². The van der Waals surface area contributed by atoms with Crippen LogP contribution in [-0.2, 0) is 0 Å². The number of rotatable bonds is 4. The molecule has 2 bridgehead atoms. The first-order chi connectivity index (χ1) is 9.54. The molecule has 1 aromatic heterocycles. The number of carbonyl (C=O) groups excluding carboxylic acids is 1. The van der Waals surface area contributed by atoms with E-state index in [2.05, 4.69) is 40.2 Å². The summed E-state index contributed by atoms with van der Waals surface area (Å²) in [5, 5.41) is 7.94. The van der Waals surface area contributed by atoms with Gasteiger partial charge in [0.2, 0.25) is 0 Å². The van der Waals surface area contributed by atoms with Crippen molar-refractivity contribution < 1.29 is 4.79 Å². The minimum Gasteiger partial charge on any atom is -0.311 e. The third kappa shape index (κ3) is 2.70. The predicted molar refractivity (Wildman–Crippen MR) is 81.9 cm³/mol. The van der Waals surface area contributed by atoms with Crippen LogP contribution in [0.4, 0.5) is 0 Å². The van der Waals surface area contributed by atoms with Crippen molar-refractivity contribution in [3.05, 3.63) is 16.4 Å². The fraction of sp³-hybridized carbons (Fsp3) is 0.733. The number of ketones is 1. The van der Waals surface area contributed by atoms with Crippen LogP contribution < -0.4 is 5.32 Å². The summed E-state index contributed by atoms with van der Waals surface area (Å²) in [4.78, 5) is 12.6. The van der Waals surface area contributed by atoms with Crippen molar-refractivity contribution in [1.29, 1.82) is 0 Å². The van der Waals surface area contributed by atoms with Gasteiger partial charge in [0.1, 0.15) is 5.69 Å². The molecule has 0 saturated carbocycles. The molecule has 0 amide bonds. The molecule has 2 saturated heterocycles. The van der Waals surface area contributed by atoms with Gasteiger partial charge in [0.05, 0.1) is 10.7 Å². The van der Waals surface area contributed by atoms with Gasteiger partial charge in [0, 0.05) is 24.5 Å². The maximum absolute atomic E-state index is 12.6. The van der Waals surface area contributed by atoms with Crippen molar-refractivity contribution in [2.45, 2.75) is 64.1 Å². The second-order valence-electron chi connectivity index (χ2n) is 6.48. The highest BCUT2D eigenvalue weighted by Gasteiger charge is 2.35. The molecule has 110 valence electrons. The largest absolute Gasteiger partial charge is 0.311 e. The normalized spacial score (nSPS) is 29.1. The smallest absolute Gasteiger partial charge is 0.182 e. The third-order valence-electron chi connectivity index (χ3n) is 4.55. The Kier molecular flexibility index (Phi) is 4.00. The first-order valence-corrected chi connectivity index (χ1v) is 8.36. The maximum Gasteiger partial charge on any atom is 0.182 e. The SMILES string of the molecule is CC(C)n1ncc(Br)c1C(=O)CC1CC2CCC(C1)N2. The van der Waals surface area contributed by atoms with Gasteiger partial charge in [-0.2, -0.15) is 5.10 Å². The van der Waals surface area contributed by atoms with Gasteiger partial charge in [0.25, 0.3) is 0 Å². The van der Waals surface area contributed by atoms with Crippen molar-refractivity contribution in [3.63, 3.8) is 0 Å². The topological polar surface area (TPSA) is 46.9 Å². The lowest BCUT2D eigenvalue weighted by atomic mass is 9.87. The van der Waals surface area contributed by atoms with E-state index in [9.17, 15) is 4.79 Å². The number of fused-ring (bicyclic) bond motifs is 2. The first-order valence-electron chi connectivity index (χ1n) is 7.57. The molecule has 3 heterocycles. The number of carbonyl (C=O) groups is 1. The number of nitrogens with zero attached hydrogens (tertiary/aromatic N) is 2. The molecule has 0 aromatic carbocycles. The molecule has 3 rings (SSSR count). The lowest BCUT2D eigenvalue weighted by molar-refractivity contribution is 0.0932. The Morgan fingerprint density at radius 3 is 2.70 bits per heavy atom. The van der Waals surface area contributed by atoms with Crippen molar-refractivity contribution in [2.75, 3.05) is 0 Å². The van der Waals surface area contributed by atoms with Gasteiger partial charge in [-0.3, -0.25) is 9.48 Å². The zero-order chi connectivity index (χ0) is 14.3. The van der Waals surface area contributed by atoms with Gasteiger partial charge in [-0.15, -0.1) is 0 Å². The van der Waals surface area contributed by atoms with Gasteiger partial charge in [0.15, 0.2) is 5.78 Å². The van der Waals surface area contributed by atoms with Crippen LogP contribution in [0.15, 0.2) is 10.7 Å². The van der Waals surface area contributed by atoms with E-state index < -0.39 is 0 Å². The molecule has 2 aliphatic heterocycles. The summed E-state index contributed by atoms with van der Waals surface area (Å²) in [6.07, 6.45) is 7.25. The van der Waals surface area contributed by atoms with Crippen LogP contribution in [0.2, 0.25) is 0 Å². The minimum absolute atomic E-state index is 0.212. The fourth-order valence-electron chi connectivity index (χ4n) is 3.69. The summed E-state index contributed by atoms with van der Waals surface area (Å²) in [7, 11) is 0. The second kappa shape index (κ2) is 5.60. The predicted octanol–water partition coefficient (Wildman–Crippen LogP) is 3.33. The molecule has 0 radical (unpaired) electrons. The van der Waals surface area contributed by atoms with Gasteiger partial charge < -0.3 is 5.32 Å². The Morgan fingerprint density at radius 1 is 1.45 bits per heavy atom. The van der Waals surface area contributed by atoms with Crippen LogP contribution in [0.5, 0.6) is 0 Å². The van der Waals surface area contributed by atoms with E-state index in [0.29, 0.717) is 24.4 Å². The lowest BCUT2D eigenvalue weighted by Crippen LogP contribution is -2.38. The van der Waals surface area contributed by atoms with Crippen LogP contribution in [0.3, 0.4) is 0 Å². The Hall–Kier alpha value is -0.680. The molecule has 2 atom stereocenters. The Morgan fingerprint density at radius 2 is 2.10 bits per heavy atom. The minimum atomic E-state index is 0.212. The van der Waals surface area contributed by atoms with Crippen molar-refractivity contribution >= 4 is 21.7 Å². The number of Topliss-reactive ketones (excluding diaryl/α,β-unsaturated/α-hetero) is 1. The van der Waals surface area contributed by atoms with E-state index in [1.54, 1.807) is 6.20 Å². The van der Waals surface area contributed by atoms with Crippen molar-refractivity contribution in [3.8, 4) is 0 Å². The molecule has 2 unspecified atom stereocenters. The van der Waals surface area contributed by atoms with Crippen molar-refractivity contribution in [1.82, 2.24) is 15.1 Å². The molecule has 0 spiro atoms. The quantitative estimate of drug-likeness (QED) is 0.856. The monoisotopic (exact) mass is 339 g/mol. The van der Waals surface area contributed by atoms with Gasteiger partial charge in [-0.05, 0) is 61.4 Å². The van der Waals surface area contributed by atoms with E-state index in [0.717, 1.165) is 23.0 Å². The highest BCUT2D eigenvalue weighted by molar-refractivity contribution is 9.10. The lowest BCUT2D eigenvalue weighted by Gasteiger charge is -2.28. The summed E-state index contributed by atoms with van der Waals surface area (Å²) in [5.41, 5.74) is 0.742. The standard InChI is InChI=1S/C15H22BrN3O/c1-9(2)19-15(13(16)8-17-19)14(20)7-10-5-11-3-4-12(6-10)18-11/h8-12,18H,3-7H2,1-2H3. The Bertz CT molecular complexity index is 499. The van der Waals surface area contributed by atoms with Gasteiger partial charge in [-0.25, -0.2) is 0 Å². The maximum atomic E-state index is 12.6. The van der Waals surface area contributed by atoms with Crippen LogP contribution >= 0.6 is 15.9 Å². The van der Waals surface area contributed by atoms with Crippen LogP contribution in [0.1, 0.15) is 62.5 Å².